The average Bonchev–Trinajstić information content (AvgIpc) is 3.31. The summed E-state index contributed by atoms with van der Waals surface area (Å²) in [4.78, 5) is 17.7. The van der Waals surface area contributed by atoms with E-state index in [9.17, 15) is 0 Å². The Labute approximate surface area is 165 Å². The van der Waals surface area contributed by atoms with Crippen LogP contribution in [0.5, 0.6) is 0 Å². The molecule has 3 aromatic rings. The molecule has 1 fully saturated rings. The van der Waals surface area contributed by atoms with Gasteiger partial charge in [0, 0.05) is 64.0 Å². The third-order valence-corrected chi connectivity index (χ3v) is 4.93. The Morgan fingerprint density at radius 2 is 1.96 bits per heavy atom. The molecule has 7 heteroatoms. The summed E-state index contributed by atoms with van der Waals surface area (Å²) >= 11 is 0. The van der Waals surface area contributed by atoms with E-state index in [1.165, 1.54) is 5.56 Å². The highest BCUT2D eigenvalue weighted by Gasteiger charge is 2.20. The fourth-order valence-corrected chi connectivity index (χ4v) is 3.44. The first-order chi connectivity index (χ1) is 13.8. The fourth-order valence-electron chi connectivity index (χ4n) is 3.44. The van der Waals surface area contributed by atoms with Crippen molar-refractivity contribution in [2.24, 2.45) is 4.99 Å². The number of nitrogens with one attached hydrogen (secondary N) is 1. The van der Waals surface area contributed by atoms with Crippen LogP contribution in [0.1, 0.15) is 5.56 Å². The monoisotopic (exact) mass is 375 g/mol. The minimum absolute atomic E-state index is 0.732. The second kappa shape index (κ2) is 8.56. The number of anilines is 1. The maximum Gasteiger partial charge on any atom is 0.194 e. The largest absolute Gasteiger partial charge is 0.353 e. The molecule has 1 aromatic carbocycles. The summed E-state index contributed by atoms with van der Waals surface area (Å²) in [5, 5.41) is 3.50. The maximum absolute atomic E-state index is 4.48. The van der Waals surface area contributed by atoms with Gasteiger partial charge in [0.15, 0.2) is 5.96 Å². The third kappa shape index (κ3) is 4.14. The Morgan fingerprint density at radius 1 is 1.07 bits per heavy atom. The summed E-state index contributed by atoms with van der Waals surface area (Å²) in [5.74, 6) is 1.98. The number of rotatable bonds is 4. The Morgan fingerprint density at radius 3 is 2.68 bits per heavy atom. The highest BCUT2D eigenvalue weighted by atomic mass is 15.4. The van der Waals surface area contributed by atoms with Crippen LogP contribution >= 0.6 is 0 Å². The van der Waals surface area contributed by atoms with Crippen LogP contribution in [0.4, 0.5) is 5.82 Å². The molecule has 0 saturated carbocycles. The minimum Gasteiger partial charge on any atom is -0.353 e. The molecule has 0 amide bonds. The summed E-state index contributed by atoms with van der Waals surface area (Å²) in [6.07, 6.45) is 7.40. The third-order valence-electron chi connectivity index (χ3n) is 4.93. The first kappa shape index (κ1) is 18.0. The molecule has 2 aromatic heterocycles. The summed E-state index contributed by atoms with van der Waals surface area (Å²) < 4.78 is 2.01. The predicted octanol–water partition coefficient (Wildman–Crippen LogP) is 2.16. The number of piperazine rings is 1. The number of pyridine rings is 1. The molecule has 28 heavy (non-hydrogen) atoms. The van der Waals surface area contributed by atoms with Crippen molar-refractivity contribution >= 4 is 11.8 Å². The molecule has 0 unspecified atom stereocenters. The molecule has 0 atom stereocenters. The second-order valence-corrected chi connectivity index (χ2v) is 6.70. The quantitative estimate of drug-likeness (QED) is 0.559. The molecular formula is C21H25N7. The lowest BCUT2D eigenvalue weighted by molar-refractivity contribution is 0.371. The predicted molar refractivity (Wildman–Crippen MR) is 112 cm³/mol. The van der Waals surface area contributed by atoms with Crippen molar-refractivity contribution in [3.63, 3.8) is 0 Å². The van der Waals surface area contributed by atoms with Crippen LogP contribution in [-0.2, 0) is 6.54 Å². The summed E-state index contributed by atoms with van der Waals surface area (Å²) in [6.45, 7) is 4.45. The Bertz CT molecular complexity index is 898. The molecule has 0 spiro atoms. The van der Waals surface area contributed by atoms with Gasteiger partial charge in [0.2, 0.25) is 0 Å². The zero-order valence-electron chi connectivity index (χ0n) is 16.1. The zero-order chi connectivity index (χ0) is 19.2. The van der Waals surface area contributed by atoms with E-state index in [4.69, 9.17) is 0 Å². The van der Waals surface area contributed by atoms with Gasteiger partial charge >= 0.3 is 0 Å². The van der Waals surface area contributed by atoms with E-state index in [1.807, 2.05) is 42.5 Å². The van der Waals surface area contributed by atoms with Gasteiger partial charge in [-0.1, -0.05) is 18.2 Å². The van der Waals surface area contributed by atoms with Gasteiger partial charge in [-0.15, -0.1) is 0 Å². The number of hydrogen-bond acceptors (Lipinski definition) is 4. The van der Waals surface area contributed by atoms with E-state index in [-0.39, 0.29) is 0 Å². The molecule has 144 valence electrons. The van der Waals surface area contributed by atoms with Crippen molar-refractivity contribution in [2.75, 3.05) is 38.1 Å². The fraction of sp³-hybridized carbons (Fsp3) is 0.286. The number of aliphatic imine (C=N–C) groups is 1. The van der Waals surface area contributed by atoms with Crippen LogP contribution in [-0.4, -0.2) is 58.6 Å². The highest BCUT2D eigenvalue weighted by molar-refractivity contribution is 5.80. The van der Waals surface area contributed by atoms with Crippen LogP contribution in [0, 0.1) is 0 Å². The normalized spacial score (nSPS) is 15.0. The smallest absolute Gasteiger partial charge is 0.194 e. The lowest BCUT2D eigenvalue weighted by Crippen LogP contribution is -2.52. The Kier molecular flexibility index (Phi) is 5.51. The number of imidazole rings is 1. The van der Waals surface area contributed by atoms with Crippen LogP contribution in [0.2, 0.25) is 0 Å². The van der Waals surface area contributed by atoms with Gasteiger partial charge in [0.05, 0.1) is 6.33 Å². The van der Waals surface area contributed by atoms with Crippen molar-refractivity contribution in [3.05, 3.63) is 72.9 Å². The molecule has 1 aliphatic heterocycles. The van der Waals surface area contributed by atoms with Gasteiger partial charge in [-0.05, 0) is 29.8 Å². The molecule has 1 aliphatic rings. The van der Waals surface area contributed by atoms with E-state index in [1.54, 1.807) is 6.20 Å². The molecule has 0 bridgehead atoms. The number of hydrogen-bond donors (Lipinski definition) is 1. The van der Waals surface area contributed by atoms with Gasteiger partial charge in [0.25, 0.3) is 0 Å². The van der Waals surface area contributed by atoms with Crippen molar-refractivity contribution in [1.29, 1.82) is 0 Å². The number of nitrogens with zero attached hydrogens (tertiary/aromatic N) is 6. The summed E-state index contributed by atoms with van der Waals surface area (Å²) in [5.41, 5.74) is 2.32. The number of guanidine groups is 1. The van der Waals surface area contributed by atoms with Crippen LogP contribution in [0.15, 0.2) is 72.4 Å². The van der Waals surface area contributed by atoms with Gasteiger partial charge in [0.1, 0.15) is 5.82 Å². The van der Waals surface area contributed by atoms with E-state index in [0.29, 0.717) is 0 Å². The van der Waals surface area contributed by atoms with E-state index in [2.05, 4.69) is 60.4 Å². The van der Waals surface area contributed by atoms with E-state index < -0.39 is 0 Å². The molecular weight excluding hydrogens is 350 g/mol. The molecule has 7 nitrogen and oxygen atoms in total. The topological polar surface area (TPSA) is 61.6 Å². The van der Waals surface area contributed by atoms with Gasteiger partial charge in [-0.3, -0.25) is 4.99 Å². The highest BCUT2D eigenvalue weighted by Crippen LogP contribution is 2.13. The number of benzene rings is 1. The van der Waals surface area contributed by atoms with E-state index >= 15 is 0 Å². The molecule has 1 saturated heterocycles. The second-order valence-electron chi connectivity index (χ2n) is 6.70. The zero-order valence-corrected chi connectivity index (χ0v) is 16.1. The maximum atomic E-state index is 4.48. The van der Waals surface area contributed by atoms with Crippen molar-refractivity contribution in [1.82, 2.24) is 24.8 Å². The molecule has 1 N–H and O–H groups in total. The molecule has 4 rings (SSSR count). The average molecular weight is 375 g/mol. The minimum atomic E-state index is 0.732. The standard InChI is InChI=1S/C21H25N7/c1-22-21(27-13-11-26(12-14-27)20-7-2-3-8-24-20)25-16-18-5-4-6-19(15-18)28-10-9-23-17-28/h2-10,15,17H,11-14,16H2,1H3,(H,22,25). The molecule has 0 radical (unpaired) electrons. The van der Waals surface area contributed by atoms with Crippen LogP contribution in [0.25, 0.3) is 5.69 Å². The summed E-state index contributed by atoms with van der Waals surface area (Å²) in [6, 6.07) is 14.5. The SMILES string of the molecule is CN=C(NCc1cccc(-n2ccnc2)c1)N1CCN(c2ccccn2)CC1. The van der Waals surface area contributed by atoms with Crippen molar-refractivity contribution in [2.45, 2.75) is 6.54 Å². The van der Waals surface area contributed by atoms with Crippen molar-refractivity contribution in [3.8, 4) is 5.69 Å². The first-order valence-electron chi connectivity index (χ1n) is 9.52. The van der Waals surface area contributed by atoms with Crippen LogP contribution < -0.4 is 10.2 Å². The lowest BCUT2D eigenvalue weighted by atomic mass is 10.2. The molecule has 0 aliphatic carbocycles. The van der Waals surface area contributed by atoms with Gasteiger partial charge < -0.3 is 19.7 Å². The van der Waals surface area contributed by atoms with Gasteiger partial charge in [-0.2, -0.15) is 0 Å². The van der Waals surface area contributed by atoms with Crippen LogP contribution in [0.3, 0.4) is 0 Å². The summed E-state index contributed by atoms with van der Waals surface area (Å²) in [7, 11) is 1.84. The van der Waals surface area contributed by atoms with Gasteiger partial charge in [-0.25, -0.2) is 9.97 Å². The van der Waals surface area contributed by atoms with Crippen molar-refractivity contribution < 1.29 is 0 Å². The lowest BCUT2D eigenvalue weighted by Gasteiger charge is -2.37. The Hall–Kier alpha value is -3.35. The first-order valence-corrected chi connectivity index (χ1v) is 9.52. The Balaban J connectivity index is 1.34. The van der Waals surface area contributed by atoms with E-state index in [0.717, 1.165) is 50.2 Å². The number of aromatic nitrogens is 3. The molecule has 3 heterocycles.